The van der Waals surface area contributed by atoms with Crippen molar-refractivity contribution in [2.45, 2.75) is 32.5 Å². The van der Waals surface area contributed by atoms with Crippen molar-refractivity contribution in [2.75, 3.05) is 0 Å². The Labute approximate surface area is 134 Å². The molecule has 0 unspecified atom stereocenters. The maximum Gasteiger partial charge on any atom is 0.107 e. The van der Waals surface area contributed by atoms with Crippen molar-refractivity contribution in [1.29, 1.82) is 0 Å². The molecule has 2 heterocycles. The Bertz CT molecular complexity index is 691. The summed E-state index contributed by atoms with van der Waals surface area (Å²) in [7, 11) is 0. The summed E-state index contributed by atoms with van der Waals surface area (Å²) in [5.41, 5.74) is 2.22. The SMILES string of the molecule is C[C@H](NCc1nc(-c2ccccc2)cs1)[C@H](C)n1cccn1. The van der Waals surface area contributed by atoms with Crippen LogP contribution in [0.15, 0.2) is 54.2 Å². The summed E-state index contributed by atoms with van der Waals surface area (Å²) in [6, 6.07) is 12.9. The van der Waals surface area contributed by atoms with Crippen LogP contribution < -0.4 is 5.32 Å². The highest BCUT2D eigenvalue weighted by Crippen LogP contribution is 2.21. The fourth-order valence-corrected chi connectivity index (χ4v) is 3.06. The highest BCUT2D eigenvalue weighted by atomic mass is 32.1. The molecule has 0 saturated heterocycles. The fourth-order valence-electron chi connectivity index (χ4n) is 2.30. The molecule has 1 N–H and O–H groups in total. The van der Waals surface area contributed by atoms with E-state index in [0.29, 0.717) is 12.1 Å². The summed E-state index contributed by atoms with van der Waals surface area (Å²) >= 11 is 1.70. The van der Waals surface area contributed by atoms with E-state index in [-0.39, 0.29) is 0 Å². The second kappa shape index (κ2) is 6.85. The Morgan fingerprint density at radius 2 is 2.00 bits per heavy atom. The lowest BCUT2D eigenvalue weighted by molar-refractivity contribution is 0.365. The van der Waals surface area contributed by atoms with Gasteiger partial charge in [-0.05, 0) is 19.9 Å². The van der Waals surface area contributed by atoms with E-state index in [2.05, 4.69) is 41.8 Å². The first-order chi connectivity index (χ1) is 10.7. The Hall–Kier alpha value is -1.98. The number of nitrogens with zero attached hydrogens (tertiary/aromatic N) is 3. The highest BCUT2D eigenvalue weighted by molar-refractivity contribution is 7.09. The molecule has 2 atom stereocenters. The molecule has 114 valence electrons. The van der Waals surface area contributed by atoms with Gasteiger partial charge in [0.1, 0.15) is 5.01 Å². The van der Waals surface area contributed by atoms with E-state index in [0.717, 1.165) is 17.2 Å². The van der Waals surface area contributed by atoms with Crippen LogP contribution >= 0.6 is 11.3 Å². The van der Waals surface area contributed by atoms with Crippen LogP contribution in [0.1, 0.15) is 24.9 Å². The summed E-state index contributed by atoms with van der Waals surface area (Å²) in [6.45, 7) is 5.13. The van der Waals surface area contributed by atoms with Crippen molar-refractivity contribution in [1.82, 2.24) is 20.1 Å². The minimum Gasteiger partial charge on any atom is -0.306 e. The predicted molar refractivity (Wildman–Crippen MR) is 90.8 cm³/mol. The Morgan fingerprint density at radius 3 is 2.73 bits per heavy atom. The van der Waals surface area contributed by atoms with Gasteiger partial charge in [-0.25, -0.2) is 4.98 Å². The molecule has 0 amide bonds. The average molecular weight is 312 g/mol. The molecule has 4 nitrogen and oxygen atoms in total. The topological polar surface area (TPSA) is 42.7 Å². The second-order valence-electron chi connectivity index (χ2n) is 5.39. The molecule has 0 spiro atoms. The van der Waals surface area contributed by atoms with Gasteiger partial charge in [0, 0.05) is 35.9 Å². The third-order valence-electron chi connectivity index (χ3n) is 3.86. The zero-order chi connectivity index (χ0) is 15.4. The minimum absolute atomic E-state index is 0.309. The van der Waals surface area contributed by atoms with E-state index < -0.39 is 0 Å². The lowest BCUT2D eigenvalue weighted by atomic mass is 10.2. The number of benzene rings is 1. The third kappa shape index (κ3) is 3.43. The molecule has 0 bridgehead atoms. The van der Waals surface area contributed by atoms with Gasteiger partial charge in [-0.1, -0.05) is 30.3 Å². The maximum absolute atomic E-state index is 4.71. The number of hydrogen-bond donors (Lipinski definition) is 1. The zero-order valence-electron chi connectivity index (χ0n) is 12.8. The number of rotatable bonds is 6. The number of hydrogen-bond acceptors (Lipinski definition) is 4. The van der Waals surface area contributed by atoms with Crippen LogP contribution in [0.3, 0.4) is 0 Å². The summed E-state index contributed by atoms with van der Waals surface area (Å²) in [4.78, 5) is 4.71. The van der Waals surface area contributed by atoms with Gasteiger partial charge in [0.25, 0.3) is 0 Å². The monoisotopic (exact) mass is 312 g/mol. The molecule has 0 saturated carbocycles. The van der Waals surface area contributed by atoms with E-state index in [4.69, 9.17) is 4.98 Å². The largest absolute Gasteiger partial charge is 0.306 e. The lowest BCUT2D eigenvalue weighted by Gasteiger charge is -2.21. The van der Waals surface area contributed by atoms with E-state index in [9.17, 15) is 0 Å². The van der Waals surface area contributed by atoms with E-state index in [1.807, 2.05) is 41.3 Å². The van der Waals surface area contributed by atoms with Crippen LogP contribution in [-0.2, 0) is 6.54 Å². The van der Waals surface area contributed by atoms with Crippen LogP contribution in [0.4, 0.5) is 0 Å². The van der Waals surface area contributed by atoms with Crippen molar-refractivity contribution in [3.8, 4) is 11.3 Å². The Morgan fingerprint density at radius 1 is 1.18 bits per heavy atom. The molecule has 5 heteroatoms. The van der Waals surface area contributed by atoms with Gasteiger partial charge in [0.05, 0.1) is 11.7 Å². The van der Waals surface area contributed by atoms with Crippen LogP contribution in [0.2, 0.25) is 0 Å². The molecule has 2 aromatic heterocycles. The standard InChI is InChI=1S/C17H20N4S/c1-13(14(2)21-10-6-9-19-21)18-11-17-20-16(12-22-17)15-7-4-3-5-8-15/h3-10,12-14,18H,11H2,1-2H3/t13-,14-/m0/s1. The van der Waals surface area contributed by atoms with Gasteiger partial charge in [-0.15, -0.1) is 11.3 Å². The fraction of sp³-hybridized carbons (Fsp3) is 0.294. The van der Waals surface area contributed by atoms with E-state index >= 15 is 0 Å². The average Bonchev–Trinajstić information content (AvgIpc) is 3.24. The summed E-state index contributed by atoms with van der Waals surface area (Å²) in [6.07, 6.45) is 3.82. The second-order valence-corrected chi connectivity index (χ2v) is 6.33. The molecular weight excluding hydrogens is 292 g/mol. The Balaban J connectivity index is 1.59. The van der Waals surface area contributed by atoms with Crippen LogP contribution in [0.25, 0.3) is 11.3 Å². The highest BCUT2D eigenvalue weighted by Gasteiger charge is 2.14. The summed E-state index contributed by atoms with van der Waals surface area (Å²) in [5, 5.41) is 11.1. The van der Waals surface area contributed by atoms with Crippen molar-refractivity contribution in [3.05, 3.63) is 59.2 Å². The number of aromatic nitrogens is 3. The summed E-state index contributed by atoms with van der Waals surface area (Å²) in [5.74, 6) is 0. The first-order valence-corrected chi connectivity index (χ1v) is 8.34. The number of thiazole rings is 1. The van der Waals surface area contributed by atoms with Crippen molar-refractivity contribution >= 4 is 11.3 Å². The van der Waals surface area contributed by atoms with Crippen molar-refractivity contribution < 1.29 is 0 Å². The maximum atomic E-state index is 4.71. The predicted octanol–water partition coefficient (Wildman–Crippen LogP) is 3.75. The smallest absolute Gasteiger partial charge is 0.107 e. The molecule has 0 aliphatic heterocycles. The van der Waals surface area contributed by atoms with Gasteiger partial charge in [0.15, 0.2) is 0 Å². The first kappa shape index (κ1) is 14.9. The first-order valence-electron chi connectivity index (χ1n) is 7.46. The molecule has 3 rings (SSSR count). The van der Waals surface area contributed by atoms with Crippen LogP contribution in [0.5, 0.6) is 0 Å². The van der Waals surface area contributed by atoms with E-state index in [1.54, 1.807) is 11.3 Å². The molecular formula is C17H20N4S. The Kier molecular flexibility index (Phi) is 4.65. The quantitative estimate of drug-likeness (QED) is 0.754. The van der Waals surface area contributed by atoms with Crippen molar-refractivity contribution in [3.63, 3.8) is 0 Å². The van der Waals surface area contributed by atoms with Gasteiger partial charge in [-0.3, -0.25) is 4.68 Å². The third-order valence-corrected chi connectivity index (χ3v) is 4.71. The molecule has 3 aromatic rings. The molecule has 22 heavy (non-hydrogen) atoms. The zero-order valence-corrected chi connectivity index (χ0v) is 13.6. The lowest BCUT2D eigenvalue weighted by Crippen LogP contribution is -2.33. The van der Waals surface area contributed by atoms with Gasteiger partial charge in [0.2, 0.25) is 0 Å². The van der Waals surface area contributed by atoms with Crippen LogP contribution in [0, 0.1) is 0 Å². The normalized spacial score (nSPS) is 13.9. The van der Waals surface area contributed by atoms with Crippen molar-refractivity contribution in [2.24, 2.45) is 0 Å². The molecule has 0 aliphatic rings. The molecule has 1 aromatic carbocycles. The van der Waals surface area contributed by atoms with E-state index in [1.165, 1.54) is 5.56 Å². The number of nitrogens with one attached hydrogen (secondary N) is 1. The minimum atomic E-state index is 0.309. The summed E-state index contributed by atoms with van der Waals surface area (Å²) < 4.78 is 1.98. The van der Waals surface area contributed by atoms with Crippen LogP contribution in [-0.4, -0.2) is 20.8 Å². The molecule has 0 aliphatic carbocycles. The van der Waals surface area contributed by atoms with Gasteiger partial charge < -0.3 is 5.32 Å². The van der Waals surface area contributed by atoms with Gasteiger partial charge in [-0.2, -0.15) is 5.10 Å². The molecule has 0 fully saturated rings. The molecule has 0 radical (unpaired) electrons. The van der Waals surface area contributed by atoms with Gasteiger partial charge >= 0.3 is 0 Å².